The summed E-state index contributed by atoms with van der Waals surface area (Å²) in [6, 6.07) is 3.47. The van der Waals surface area contributed by atoms with E-state index in [1.165, 1.54) is 10.9 Å². The van der Waals surface area contributed by atoms with E-state index in [-0.39, 0.29) is 6.54 Å². The highest BCUT2D eigenvalue weighted by Gasteiger charge is 2.41. The molecule has 0 saturated carbocycles. The van der Waals surface area contributed by atoms with Gasteiger partial charge in [0.1, 0.15) is 0 Å². The van der Waals surface area contributed by atoms with Gasteiger partial charge in [0.15, 0.2) is 5.76 Å². The number of carboxylic acid groups (broad SMARTS) is 1. The van der Waals surface area contributed by atoms with Crippen LogP contribution in [0.4, 0.5) is 0 Å². The Morgan fingerprint density at radius 1 is 1.45 bits per heavy atom. The summed E-state index contributed by atoms with van der Waals surface area (Å²) in [5.41, 5.74) is -0.894. The zero-order valence-corrected chi connectivity index (χ0v) is 10.7. The number of tetrazole rings is 1. The summed E-state index contributed by atoms with van der Waals surface area (Å²) >= 11 is 0. The predicted octanol–water partition coefficient (Wildman–Crippen LogP) is 0.815. The zero-order valence-electron chi connectivity index (χ0n) is 10.7. The van der Waals surface area contributed by atoms with E-state index >= 15 is 0 Å². The van der Waals surface area contributed by atoms with Gasteiger partial charge in [-0.2, -0.15) is 0 Å². The normalized spacial score (nSPS) is 18.0. The molecule has 3 heterocycles. The van der Waals surface area contributed by atoms with Gasteiger partial charge in [-0.1, -0.05) is 0 Å². The van der Waals surface area contributed by atoms with Crippen LogP contribution in [0.2, 0.25) is 0 Å². The maximum atomic E-state index is 11.6. The highest BCUT2D eigenvalue weighted by molar-refractivity contribution is 5.74. The molecule has 0 amide bonds. The SMILES string of the molecule is O=C(O)C1(Cn2nnnc2-c2ccco2)CCOCC1. The van der Waals surface area contributed by atoms with Crippen molar-refractivity contribution >= 4 is 5.97 Å². The van der Waals surface area contributed by atoms with Gasteiger partial charge >= 0.3 is 5.97 Å². The molecule has 106 valence electrons. The lowest BCUT2D eigenvalue weighted by atomic mass is 9.80. The first-order valence-corrected chi connectivity index (χ1v) is 6.32. The molecular weight excluding hydrogens is 264 g/mol. The monoisotopic (exact) mass is 278 g/mol. The Hall–Kier alpha value is -2.22. The number of rotatable bonds is 4. The first kappa shape index (κ1) is 12.8. The number of furan rings is 1. The second-order valence-electron chi connectivity index (χ2n) is 4.84. The van der Waals surface area contributed by atoms with Gasteiger partial charge in [-0.05, 0) is 35.4 Å². The number of nitrogens with zero attached hydrogens (tertiary/aromatic N) is 4. The maximum absolute atomic E-state index is 11.6. The summed E-state index contributed by atoms with van der Waals surface area (Å²) < 4.78 is 12.0. The highest BCUT2D eigenvalue weighted by atomic mass is 16.5. The molecule has 1 aliphatic rings. The molecule has 0 radical (unpaired) electrons. The van der Waals surface area contributed by atoms with Crippen LogP contribution in [0.1, 0.15) is 12.8 Å². The van der Waals surface area contributed by atoms with Crippen molar-refractivity contribution in [3.63, 3.8) is 0 Å². The van der Waals surface area contributed by atoms with E-state index < -0.39 is 11.4 Å². The second-order valence-corrected chi connectivity index (χ2v) is 4.84. The van der Waals surface area contributed by atoms with Crippen molar-refractivity contribution in [1.82, 2.24) is 20.2 Å². The van der Waals surface area contributed by atoms with Crippen molar-refractivity contribution in [3.05, 3.63) is 18.4 Å². The van der Waals surface area contributed by atoms with Crippen LogP contribution >= 0.6 is 0 Å². The smallest absolute Gasteiger partial charge is 0.311 e. The van der Waals surface area contributed by atoms with E-state index in [1.807, 2.05) is 0 Å². The Bertz CT molecular complexity index is 586. The van der Waals surface area contributed by atoms with Crippen LogP contribution in [-0.2, 0) is 16.1 Å². The summed E-state index contributed by atoms with van der Waals surface area (Å²) in [6.45, 7) is 1.07. The average Bonchev–Trinajstić information content (AvgIpc) is 3.10. The number of hydrogen-bond donors (Lipinski definition) is 1. The van der Waals surface area contributed by atoms with E-state index in [9.17, 15) is 9.90 Å². The van der Waals surface area contributed by atoms with E-state index in [1.54, 1.807) is 12.1 Å². The van der Waals surface area contributed by atoms with Gasteiger partial charge in [0, 0.05) is 13.2 Å². The van der Waals surface area contributed by atoms with Crippen LogP contribution in [0.3, 0.4) is 0 Å². The highest BCUT2D eigenvalue weighted by Crippen LogP contribution is 2.33. The third-order valence-corrected chi connectivity index (χ3v) is 3.63. The Morgan fingerprint density at radius 3 is 2.90 bits per heavy atom. The third kappa shape index (κ3) is 2.18. The van der Waals surface area contributed by atoms with Crippen LogP contribution in [0.25, 0.3) is 11.6 Å². The first-order chi connectivity index (χ1) is 9.71. The Labute approximate surface area is 114 Å². The summed E-state index contributed by atoms with van der Waals surface area (Å²) in [4.78, 5) is 11.6. The Kier molecular flexibility index (Phi) is 3.23. The lowest BCUT2D eigenvalue weighted by Crippen LogP contribution is -2.41. The van der Waals surface area contributed by atoms with Crippen molar-refractivity contribution in [2.24, 2.45) is 5.41 Å². The molecule has 20 heavy (non-hydrogen) atoms. The predicted molar refractivity (Wildman–Crippen MR) is 65.6 cm³/mol. The topological polar surface area (TPSA) is 103 Å². The number of ether oxygens (including phenoxy) is 1. The largest absolute Gasteiger partial charge is 0.481 e. The molecule has 2 aromatic rings. The number of carboxylic acids is 1. The van der Waals surface area contributed by atoms with Crippen LogP contribution in [0, 0.1) is 5.41 Å². The van der Waals surface area contributed by atoms with Crippen molar-refractivity contribution in [1.29, 1.82) is 0 Å². The first-order valence-electron chi connectivity index (χ1n) is 6.32. The van der Waals surface area contributed by atoms with Gasteiger partial charge in [0.2, 0.25) is 5.82 Å². The van der Waals surface area contributed by atoms with E-state index in [0.717, 1.165) is 0 Å². The lowest BCUT2D eigenvalue weighted by molar-refractivity contribution is -0.156. The molecule has 0 bridgehead atoms. The molecule has 2 aromatic heterocycles. The quantitative estimate of drug-likeness (QED) is 0.882. The second kappa shape index (κ2) is 5.04. The van der Waals surface area contributed by atoms with Crippen molar-refractivity contribution in [2.75, 3.05) is 13.2 Å². The maximum Gasteiger partial charge on any atom is 0.311 e. The van der Waals surface area contributed by atoms with Gasteiger partial charge in [-0.15, -0.1) is 5.10 Å². The van der Waals surface area contributed by atoms with Gasteiger partial charge in [-0.25, -0.2) is 4.68 Å². The lowest BCUT2D eigenvalue weighted by Gasteiger charge is -2.32. The Morgan fingerprint density at radius 2 is 2.25 bits per heavy atom. The molecule has 1 N–H and O–H groups in total. The third-order valence-electron chi connectivity index (χ3n) is 3.63. The fourth-order valence-corrected chi connectivity index (χ4v) is 2.38. The molecule has 1 aliphatic heterocycles. The molecule has 0 aromatic carbocycles. The van der Waals surface area contributed by atoms with Crippen molar-refractivity contribution < 1.29 is 19.1 Å². The van der Waals surface area contributed by atoms with Gasteiger partial charge in [0.05, 0.1) is 18.2 Å². The molecule has 1 fully saturated rings. The number of hydrogen-bond acceptors (Lipinski definition) is 6. The molecule has 3 rings (SSSR count). The van der Waals surface area contributed by atoms with E-state index in [2.05, 4.69) is 15.5 Å². The zero-order chi connectivity index (χ0) is 14.0. The molecule has 0 spiro atoms. The van der Waals surface area contributed by atoms with Crippen molar-refractivity contribution in [2.45, 2.75) is 19.4 Å². The fraction of sp³-hybridized carbons (Fsp3) is 0.500. The molecule has 8 heteroatoms. The minimum atomic E-state index is -0.894. The number of aliphatic carboxylic acids is 1. The van der Waals surface area contributed by atoms with E-state index in [4.69, 9.17) is 9.15 Å². The fourth-order valence-electron chi connectivity index (χ4n) is 2.38. The van der Waals surface area contributed by atoms with Crippen LogP contribution < -0.4 is 0 Å². The minimum Gasteiger partial charge on any atom is -0.481 e. The summed E-state index contributed by atoms with van der Waals surface area (Å²) in [5.74, 6) is 0.103. The summed E-state index contributed by atoms with van der Waals surface area (Å²) in [6.07, 6.45) is 2.41. The molecule has 0 aliphatic carbocycles. The standard InChI is InChI=1S/C12H14N4O4/c17-11(18)12(3-6-19-7-4-12)8-16-10(13-14-15-16)9-2-1-5-20-9/h1-2,5H,3-4,6-8H2,(H,17,18). The number of aromatic nitrogens is 4. The Balaban J connectivity index is 1.90. The average molecular weight is 278 g/mol. The number of carbonyl (C=O) groups is 1. The molecule has 0 unspecified atom stereocenters. The van der Waals surface area contributed by atoms with Crippen LogP contribution in [-0.4, -0.2) is 44.5 Å². The van der Waals surface area contributed by atoms with Crippen molar-refractivity contribution in [3.8, 4) is 11.6 Å². The van der Waals surface area contributed by atoms with Crippen LogP contribution in [0.15, 0.2) is 22.8 Å². The molecular formula is C12H14N4O4. The van der Waals surface area contributed by atoms with Gasteiger partial charge in [-0.3, -0.25) is 4.79 Å². The molecule has 0 atom stereocenters. The van der Waals surface area contributed by atoms with Crippen LogP contribution in [0.5, 0.6) is 0 Å². The van der Waals surface area contributed by atoms with Gasteiger partial charge in [0.25, 0.3) is 0 Å². The molecule has 1 saturated heterocycles. The van der Waals surface area contributed by atoms with E-state index in [0.29, 0.717) is 37.6 Å². The summed E-state index contributed by atoms with van der Waals surface area (Å²) in [5, 5.41) is 20.9. The van der Waals surface area contributed by atoms with Gasteiger partial charge < -0.3 is 14.3 Å². The molecule has 8 nitrogen and oxygen atoms in total. The summed E-state index contributed by atoms with van der Waals surface area (Å²) in [7, 11) is 0. The minimum absolute atomic E-state index is 0.203.